The number of nitriles is 2. The molecule has 0 aromatic heterocycles. The van der Waals surface area contributed by atoms with E-state index in [0.717, 1.165) is 0 Å². The van der Waals surface area contributed by atoms with E-state index >= 15 is 0 Å². The molecule has 0 aliphatic carbocycles. The number of hydrogen-bond donors (Lipinski definition) is 0. The van der Waals surface area contributed by atoms with E-state index in [-0.39, 0.29) is 13.2 Å². The lowest BCUT2D eigenvalue weighted by Gasteiger charge is -2.08. The summed E-state index contributed by atoms with van der Waals surface area (Å²) in [6.07, 6.45) is 5.69. The van der Waals surface area contributed by atoms with Crippen LogP contribution in [0.2, 0.25) is 0 Å². The first-order valence-corrected chi connectivity index (χ1v) is 4.79. The van der Waals surface area contributed by atoms with E-state index in [0.29, 0.717) is 12.8 Å². The zero-order valence-electron chi connectivity index (χ0n) is 7.06. The summed E-state index contributed by atoms with van der Waals surface area (Å²) >= 11 is 0. The molecule has 0 saturated heterocycles. The smallest absolute Gasteiger partial charge is 0.256 e. The Hall–Kier alpha value is -1.11. The van der Waals surface area contributed by atoms with Crippen LogP contribution < -0.4 is 0 Å². The Morgan fingerprint density at radius 1 is 1.08 bits per heavy atom. The van der Waals surface area contributed by atoms with E-state index in [9.17, 15) is 0 Å². The molecule has 0 N–H and O–H groups in total. The van der Waals surface area contributed by atoms with Crippen molar-refractivity contribution in [2.75, 3.05) is 13.2 Å². The van der Waals surface area contributed by atoms with Crippen LogP contribution in [0.5, 0.6) is 0 Å². The van der Waals surface area contributed by atoms with Gasteiger partial charge >= 0.3 is 0 Å². The molecule has 0 aliphatic rings. The van der Waals surface area contributed by atoms with Crippen molar-refractivity contribution in [3.63, 3.8) is 0 Å². The van der Waals surface area contributed by atoms with Crippen molar-refractivity contribution in [2.24, 2.45) is 0 Å². The molecule has 0 aromatic rings. The number of nitrogens with zero attached hydrogens (tertiary/aromatic N) is 2. The van der Waals surface area contributed by atoms with Crippen LogP contribution in [0, 0.1) is 34.7 Å². The van der Waals surface area contributed by atoms with Crippen molar-refractivity contribution in [3.05, 3.63) is 0 Å². The molecule has 0 spiro atoms. The fraction of sp³-hybridized carbons (Fsp3) is 0.500. The van der Waals surface area contributed by atoms with Crippen LogP contribution in [-0.2, 0) is 9.05 Å². The fourth-order valence-electron chi connectivity index (χ4n) is 0.460. The third kappa shape index (κ3) is 7.26. The van der Waals surface area contributed by atoms with Gasteiger partial charge in [0.1, 0.15) is 0 Å². The van der Waals surface area contributed by atoms with Crippen molar-refractivity contribution < 1.29 is 9.05 Å². The molecule has 0 bridgehead atoms. The molecular formula is C8H9N2O2P. The first-order valence-electron chi connectivity index (χ1n) is 3.61. The number of hydrogen-bond acceptors (Lipinski definition) is 4. The predicted molar refractivity (Wildman–Crippen MR) is 48.1 cm³/mol. The lowest BCUT2D eigenvalue weighted by molar-refractivity contribution is 0.265. The van der Waals surface area contributed by atoms with E-state index in [2.05, 4.69) is 5.66 Å². The molecule has 0 heterocycles. The maximum atomic E-state index is 8.21. The molecule has 0 aliphatic heterocycles. The zero-order chi connectivity index (χ0) is 9.94. The minimum absolute atomic E-state index is 0.277. The molecule has 0 saturated carbocycles. The summed E-state index contributed by atoms with van der Waals surface area (Å²) in [5.41, 5.74) is 2.32. The van der Waals surface area contributed by atoms with Gasteiger partial charge in [-0.15, -0.1) is 6.42 Å². The Bertz CT molecular complexity index is 228. The lowest BCUT2D eigenvalue weighted by Crippen LogP contribution is -1.92. The molecule has 0 amide bonds. The molecule has 0 rings (SSSR count). The molecule has 0 unspecified atom stereocenters. The highest BCUT2D eigenvalue weighted by Crippen LogP contribution is 2.36. The maximum Gasteiger partial charge on any atom is 0.256 e. The SMILES string of the molecule is C#CP(OCCC#N)OCCC#N. The van der Waals surface area contributed by atoms with Gasteiger partial charge in [0, 0.05) is 0 Å². The monoisotopic (exact) mass is 196 g/mol. The van der Waals surface area contributed by atoms with Gasteiger partial charge in [0.05, 0.1) is 38.2 Å². The van der Waals surface area contributed by atoms with E-state index in [1.807, 2.05) is 12.1 Å². The summed E-state index contributed by atoms with van der Waals surface area (Å²) in [5.74, 6) is 0. The van der Waals surface area contributed by atoms with Gasteiger partial charge in [-0.2, -0.15) is 10.5 Å². The Labute approximate surface area is 79.0 Å². The Morgan fingerprint density at radius 2 is 1.54 bits per heavy atom. The van der Waals surface area contributed by atoms with Gasteiger partial charge in [-0.1, -0.05) is 0 Å². The third-order valence-corrected chi connectivity index (χ3v) is 2.00. The average molecular weight is 196 g/mol. The minimum Gasteiger partial charge on any atom is -0.323 e. The fourth-order valence-corrected chi connectivity index (χ4v) is 1.20. The Morgan fingerprint density at radius 3 is 1.85 bits per heavy atom. The summed E-state index contributed by atoms with van der Waals surface area (Å²) in [4.78, 5) is 0. The van der Waals surface area contributed by atoms with Crippen molar-refractivity contribution in [2.45, 2.75) is 12.8 Å². The van der Waals surface area contributed by atoms with Crippen molar-refractivity contribution in [1.29, 1.82) is 10.5 Å². The highest BCUT2D eigenvalue weighted by molar-refractivity contribution is 7.52. The van der Waals surface area contributed by atoms with Crippen molar-refractivity contribution >= 4 is 8.38 Å². The van der Waals surface area contributed by atoms with Crippen LogP contribution >= 0.6 is 8.38 Å². The topological polar surface area (TPSA) is 66.0 Å². The molecule has 68 valence electrons. The van der Waals surface area contributed by atoms with Crippen LogP contribution in [0.3, 0.4) is 0 Å². The van der Waals surface area contributed by atoms with Crippen molar-refractivity contribution in [3.8, 4) is 24.2 Å². The summed E-state index contributed by atoms with van der Waals surface area (Å²) in [5, 5.41) is 16.4. The van der Waals surface area contributed by atoms with Crippen LogP contribution in [0.4, 0.5) is 0 Å². The molecule has 4 nitrogen and oxygen atoms in total. The summed E-state index contributed by atoms with van der Waals surface area (Å²) < 4.78 is 10.1. The van der Waals surface area contributed by atoms with Crippen LogP contribution in [-0.4, -0.2) is 13.2 Å². The summed E-state index contributed by atoms with van der Waals surface area (Å²) in [6, 6.07) is 3.85. The molecule has 13 heavy (non-hydrogen) atoms. The molecule has 0 aromatic carbocycles. The average Bonchev–Trinajstić information content (AvgIpc) is 2.16. The van der Waals surface area contributed by atoms with E-state index in [4.69, 9.17) is 26.0 Å². The van der Waals surface area contributed by atoms with Crippen LogP contribution in [0.1, 0.15) is 12.8 Å². The molecular weight excluding hydrogens is 187 g/mol. The summed E-state index contributed by atoms with van der Waals surface area (Å²) in [7, 11) is -1.36. The standard InChI is InChI=1S/C8H9N2O2P/c1-2-13(11-7-3-5-9)12-8-4-6-10/h1H,3-4,7-8H2. The third-order valence-electron chi connectivity index (χ3n) is 0.950. The van der Waals surface area contributed by atoms with E-state index in [1.54, 1.807) is 0 Å². The second-order valence-corrected chi connectivity index (χ2v) is 3.16. The van der Waals surface area contributed by atoms with Crippen LogP contribution in [0.15, 0.2) is 0 Å². The highest BCUT2D eigenvalue weighted by atomic mass is 31.2. The maximum absolute atomic E-state index is 8.21. The van der Waals surface area contributed by atoms with Gasteiger partial charge in [-0.05, 0) is 5.66 Å². The van der Waals surface area contributed by atoms with E-state index in [1.165, 1.54) is 0 Å². The molecule has 0 radical (unpaired) electrons. The Balaban J connectivity index is 3.49. The lowest BCUT2D eigenvalue weighted by atomic mass is 10.5. The minimum atomic E-state index is -1.36. The normalized spacial score (nSPS) is 8.77. The number of terminal acetylenes is 1. The predicted octanol–water partition coefficient (Wildman–Crippen LogP) is 1.75. The van der Waals surface area contributed by atoms with Gasteiger partial charge in [0.2, 0.25) is 0 Å². The molecule has 0 atom stereocenters. The highest BCUT2D eigenvalue weighted by Gasteiger charge is 2.05. The van der Waals surface area contributed by atoms with E-state index < -0.39 is 8.38 Å². The first kappa shape index (κ1) is 11.9. The molecule has 0 fully saturated rings. The van der Waals surface area contributed by atoms with Gasteiger partial charge in [0.25, 0.3) is 8.38 Å². The van der Waals surface area contributed by atoms with Gasteiger partial charge in [0.15, 0.2) is 0 Å². The number of rotatable bonds is 6. The second kappa shape index (κ2) is 8.98. The van der Waals surface area contributed by atoms with Crippen LogP contribution in [0.25, 0.3) is 0 Å². The van der Waals surface area contributed by atoms with Gasteiger partial charge in [-0.25, -0.2) is 0 Å². The second-order valence-electron chi connectivity index (χ2n) is 1.87. The largest absolute Gasteiger partial charge is 0.323 e. The van der Waals surface area contributed by atoms with Gasteiger partial charge in [-0.3, -0.25) is 0 Å². The zero-order valence-corrected chi connectivity index (χ0v) is 7.96. The van der Waals surface area contributed by atoms with Gasteiger partial charge < -0.3 is 9.05 Å². The first-order chi connectivity index (χ1) is 6.35. The molecule has 5 heteroatoms. The Kier molecular flexibility index (Phi) is 8.21. The quantitative estimate of drug-likeness (QED) is 0.368. The van der Waals surface area contributed by atoms with Crippen molar-refractivity contribution in [1.82, 2.24) is 0 Å². The summed E-state index contributed by atoms with van der Waals surface area (Å²) in [6.45, 7) is 0.553.